The highest BCUT2D eigenvalue weighted by atomic mass is 19.4. The van der Waals surface area contributed by atoms with E-state index in [0.29, 0.717) is 12.0 Å². The summed E-state index contributed by atoms with van der Waals surface area (Å²) in [6.07, 6.45) is -3.70. The minimum atomic E-state index is -4.29. The predicted octanol–water partition coefficient (Wildman–Crippen LogP) is 4.28. The van der Waals surface area contributed by atoms with Gasteiger partial charge in [0.1, 0.15) is 0 Å². The summed E-state index contributed by atoms with van der Waals surface area (Å²) in [4.78, 5) is 0. The Kier molecular flexibility index (Phi) is 2.05. The fraction of sp³-hybridized carbons (Fsp3) is 0.143. The van der Waals surface area contributed by atoms with Gasteiger partial charge >= 0.3 is 6.18 Å². The zero-order valence-electron chi connectivity index (χ0n) is 8.88. The molecule has 0 fully saturated rings. The molecule has 0 bridgehead atoms. The molecule has 86 valence electrons. The highest BCUT2D eigenvalue weighted by Gasteiger charge is 2.36. The van der Waals surface area contributed by atoms with Crippen LogP contribution in [0.1, 0.15) is 16.7 Å². The quantitative estimate of drug-likeness (QED) is 0.544. The van der Waals surface area contributed by atoms with Crippen molar-refractivity contribution in [2.75, 3.05) is 0 Å². The number of hydrogen-bond acceptors (Lipinski definition) is 0. The van der Waals surface area contributed by atoms with Crippen molar-refractivity contribution < 1.29 is 13.2 Å². The standard InChI is InChI=1S/C14H9F3/c15-14(16,17)12-7-3-5-10-8-9-4-1-2-6-11(9)13(10)12/h1-7H,8H2. The Morgan fingerprint density at radius 1 is 0.824 bits per heavy atom. The minimum Gasteiger partial charge on any atom is -0.166 e. The first-order valence-electron chi connectivity index (χ1n) is 5.35. The molecule has 0 atom stereocenters. The molecule has 0 unspecified atom stereocenters. The summed E-state index contributed by atoms with van der Waals surface area (Å²) in [7, 11) is 0. The number of halogens is 3. The lowest BCUT2D eigenvalue weighted by atomic mass is 9.99. The molecule has 3 rings (SSSR count). The van der Waals surface area contributed by atoms with E-state index in [1.54, 1.807) is 18.2 Å². The van der Waals surface area contributed by atoms with E-state index in [0.717, 1.165) is 22.8 Å². The van der Waals surface area contributed by atoms with E-state index < -0.39 is 11.7 Å². The molecule has 0 aliphatic heterocycles. The van der Waals surface area contributed by atoms with Gasteiger partial charge in [-0.15, -0.1) is 0 Å². The number of hydrogen-bond donors (Lipinski definition) is 0. The molecule has 2 aromatic rings. The first-order valence-corrected chi connectivity index (χ1v) is 5.35. The average molecular weight is 234 g/mol. The number of alkyl halides is 3. The summed E-state index contributed by atoms with van der Waals surface area (Å²) in [5.41, 5.74) is 2.28. The molecule has 1 aliphatic carbocycles. The Morgan fingerprint density at radius 3 is 2.29 bits per heavy atom. The molecule has 1 aliphatic rings. The average Bonchev–Trinajstić information content (AvgIpc) is 2.65. The second kappa shape index (κ2) is 3.36. The van der Waals surface area contributed by atoms with Gasteiger partial charge < -0.3 is 0 Å². The van der Waals surface area contributed by atoms with Crippen molar-refractivity contribution >= 4 is 0 Å². The van der Waals surface area contributed by atoms with E-state index >= 15 is 0 Å². The van der Waals surface area contributed by atoms with Crippen LogP contribution in [0.5, 0.6) is 0 Å². The smallest absolute Gasteiger partial charge is 0.166 e. The van der Waals surface area contributed by atoms with Gasteiger partial charge in [0.2, 0.25) is 0 Å². The van der Waals surface area contributed by atoms with Crippen molar-refractivity contribution in [3.8, 4) is 11.1 Å². The van der Waals surface area contributed by atoms with E-state index in [4.69, 9.17) is 0 Å². The molecule has 0 aromatic heterocycles. The van der Waals surface area contributed by atoms with Crippen LogP contribution in [0, 0.1) is 0 Å². The van der Waals surface area contributed by atoms with E-state index in [1.807, 2.05) is 12.1 Å². The summed E-state index contributed by atoms with van der Waals surface area (Å²) in [6, 6.07) is 11.7. The Hall–Kier alpha value is -1.77. The van der Waals surface area contributed by atoms with Crippen molar-refractivity contribution in [3.63, 3.8) is 0 Å². The maximum absolute atomic E-state index is 12.9. The maximum Gasteiger partial charge on any atom is 0.417 e. The Balaban J connectivity index is 2.30. The predicted molar refractivity (Wildman–Crippen MR) is 59.7 cm³/mol. The van der Waals surface area contributed by atoms with E-state index in [9.17, 15) is 13.2 Å². The van der Waals surface area contributed by atoms with Crippen molar-refractivity contribution in [2.45, 2.75) is 12.6 Å². The maximum atomic E-state index is 12.9. The van der Waals surface area contributed by atoms with E-state index in [2.05, 4.69) is 0 Å². The third-order valence-electron chi connectivity index (χ3n) is 3.12. The van der Waals surface area contributed by atoms with Crippen LogP contribution in [0.2, 0.25) is 0 Å². The number of fused-ring (bicyclic) bond motifs is 3. The van der Waals surface area contributed by atoms with Crippen LogP contribution in [0.3, 0.4) is 0 Å². The lowest BCUT2D eigenvalue weighted by molar-refractivity contribution is -0.137. The SMILES string of the molecule is FC(F)(F)c1cccc2c1-c1ccccc1C2. The normalized spacial score (nSPS) is 13.4. The topological polar surface area (TPSA) is 0 Å². The van der Waals surface area contributed by atoms with Crippen LogP contribution in [0.4, 0.5) is 13.2 Å². The zero-order valence-corrected chi connectivity index (χ0v) is 8.88. The lowest BCUT2D eigenvalue weighted by Gasteiger charge is -2.12. The van der Waals surface area contributed by atoms with Crippen LogP contribution >= 0.6 is 0 Å². The molecule has 17 heavy (non-hydrogen) atoms. The summed E-state index contributed by atoms with van der Waals surface area (Å²) in [5.74, 6) is 0. The third kappa shape index (κ3) is 1.54. The van der Waals surface area contributed by atoms with Crippen molar-refractivity contribution in [1.29, 1.82) is 0 Å². The van der Waals surface area contributed by atoms with Crippen molar-refractivity contribution in [3.05, 3.63) is 59.2 Å². The lowest BCUT2D eigenvalue weighted by Crippen LogP contribution is -2.07. The molecule has 0 amide bonds. The second-order valence-corrected chi connectivity index (χ2v) is 4.17. The molecule has 0 heterocycles. The summed E-state index contributed by atoms with van der Waals surface area (Å²) < 4.78 is 38.8. The fourth-order valence-electron chi connectivity index (χ4n) is 2.43. The second-order valence-electron chi connectivity index (χ2n) is 4.17. The van der Waals surface area contributed by atoms with Gasteiger partial charge in [-0.2, -0.15) is 13.2 Å². The molecule has 0 saturated heterocycles. The molecule has 0 radical (unpaired) electrons. The fourth-order valence-corrected chi connectivity index (χ4v) is 2.43. The third-order valence-corrected chi connectivity index (χ3v) is 3.12. The summed E-state index contributed by atoms with van der Waals surface area (Å²) in [5, 5.41) is 0. The molecular weight excluding hydrogens is 225 g/mol. The van der Waals surface area contributed by atoms with Gasteiger partial charge in [0.05, 0.1) is 5.56 Å². The van der Waals surface area contributed by atoms with Gasteiger partial charge in [-0.05, 0) is 34.7 Å². The molecular formula is C14H9F3. The Morgan fingerprint density at radius 2 is 1.53 bits per heavy atom. The number of benzene rings is 2. The van der Waals surface area contributed by atoms with Gasteiger partial charge in [-0.1, -0.05) is 36.4 Å². The van der Waals surface area contributed by atoms with Crippen LogP contribution in [-0.2, 0) is 12.6 Å². The molecule has 0 N–H and O–H groups in total. The van der Waals surface area contributed by atoms with E-state index in [1.165, 1.54) is 6.07 Å². The van der Waals surface area contributed by atoms with Crippen LogP contribution in [-0.4, -0.2) is 0 Å². The van der Waals surface area contributed by atoms with Crippen LogP contribution in [0.25, 0.3) is 11.1 Å². The van der Waals surface area contributed by atoms with Gasteiger partial charge in [-0.3, -0.25) is 0 Å². The summed E-state index contributed by atoms with van der Waals surface area (Å²) in [6.45, 7) is 0. The molecule has 0 saturated carbocycles. The summed E-state index contributed by atoms with van der Waals surface area (Å²) >= 11 is 0. The highest BCUT2D eigenvalue weighted by molar-refractivity contribution is 5.79. The van der Waals surface area contributed by atoms with Crippen LogP contribution < -0.4 is 0 Å². The monoisotopic (exact) mass is 234 g/mol. The molecule has 2 aromatic carbocycles. The van der Waals surface area contributed by atoms with Gasteiger partial charge in [0.15, 0.2) is 0 Å². The highest BCUT2D eigenvalue weighted by Crippen LogP contribution is 2.44. The van der Waals surface area contributed by atoms with Gasteiger partial charge in [0.25, 0.3) is 0 Å². The van der Waals surface area contributed by atoms with Crippen molar-refractivity contribution in [1.82, 2.24) is 0 Å². The van der Waals surface area contributed by atoms with Crippen molar-refractivity contribution in [2.24, 2.45) is 0 Å². The minimum absolute atomic E-state index is 0.357. The van der Waals surface area contributed by atoms with E-state index in [-0.39, 0.29) is 0 Å². The molecule has 3 heteroatoms. The Labute approximate surface area is 96.7 Å². The largest absolute Gasteiger partial charge is 0.417 e. The number of rotatable bonds is 0. The molecule has 0 nitrogen and oxygen atoms in total. The van der Waals surface area contributed by atoms with Crippen LogP contribution in [0.15, 0.2) is 42.5 Å². The van der Waals surface area contributed by atoms with Gasteiger partial charge in [-0.25, -0.2) is 0 Å². The zero-order chi connectivity index (χ0) is 12.0. The Bertz CT molecular complexity index is 582. The molecule has 0 spiro atoms. The van der Waals surface area contributed by atoms with Gasteiger partial charge in [0, 0.05) is 0 Å². The first-order chi connectivity index (χ1) is 8.07. The first kappa shape index (κ1) is 10.4.